The molecule has 138 valence electrons. The number of ether oxygens (including phenoxy) is 2. The third kappa shape index (κ3) is 3.16. The number of nitrogens with zero attached hydrogens (tertiary/aromatic N) is 2. The lowest BCUT2D eigenvalue weighted by atomic mass is 9.96. The molecule has 2 amide bonds. The number of aryl methyl sites for hydroxylation is 1. The molecule has 3 N–H and O–H groups in total. The number of hydrogen-bond acceptors (Lipinski definition) is 5. The number of aliphatic hydroxyl groups is 1. The first-order valence-electron chi connectivity index (χ1n) is 8.30. The van der Waals surface area contributed by atoms with Gasteiger partial charge in [0.05, 0.1) is 18.8 Å². The van der Waals surface area contributed by atoms with E-state index in [1.807, 2.05) is 6.92 Å². The van der Waals surface area contributed by atoms with E-state index in [-0.39, 0.29) is 6.61 Å². The summed E-state index contributed by atoms with van der Waals surface area (Å²) in [5, 5.41) is 20.4. The Hall–Kier alpha value is -2.49. The van der Waals surface area contributed by atoms with Gasteiger partial charge >= 0.3 is 6.03 Å². The van der Waals surface area contributed by atoms with E-state index >= 15 is 0 Å². The van der Waals surface area contributed by atoms with Gasteiger partial charge in [0.25, 0.3) is 0 Å². The largest absolute Gasteiger partial charge is 0.388 e. The van der Waals surface area contributed by atoms with Gasteiger partial charge < -0.3 is 25.2 Å². The van der Waals surface area contributed by atoms with Crippen LogP contribution in [-0.2, 0) is 9.47 Å². The molecule has 2 saturated heterocycles. The van der Waals surface area contributed by atoms with Crippen LogP contribution in [0.2, 0.25) is 0 Å². The van der Waals surface area contributed by atoms with Crippen molar-refractivity contribution in [3.63, 3.8) is 0 Å². The van der Waals surface area contributed by atoms with E-state index in [4.69, 9.17) is 9.47 Å². The van der Waals surface area contributed by atoms with Gasteiger partial charge in [-0.1, -0.05) is 0 Å². The van der Waals surface area contributed by atoms with Crippen LogP contribution in [0.1, 0.15) is 11.6 Å². The first-order chi connectivity index (χ1) is 12.5. The maximum absolute atomic E-state index is 13.0. The van der Waals surface area contributed by atoms with Crippen LogP contribution in [0.5, 0.6) is 0 Å². The summed E-state index contributed by atoms with van der Waals surface area (Å²) in [4.78, 5) is 12.3. The predicted molar refractivity (Wildman–Crippen MR) is 89.0 cm³/mol. The number of fused-ring (bicyclic) bond motifs is 2. The highest BCUT2D eigenvalue weighted by molar-refractivity contribution is 5.89. The van der Waals surface area contributed by atoms with Crippen LogP contribution in [0.25, 0.3) is 0 Å². The molecular weight excluding hydrogens is 343 g/mol. The molecule has 9 heteroatoms. The highest BCUT2D eigenvalue weighted by Crippen LogP contribution is 2.35. The number of aliphatic hydroxyl groups excluding tert-OH is 1. The number of aromatic nitrogens is 2. The number of amides is 2. The number of anilines is 1. The fourth-order valence-corrected chi connectivity index (χ4v) is 3.31. The van der Waals surface area contributed by atoms with Crippen molar-refractivity contribution < 1.29 is 23.8 Å². The first kappa shape index (κ1) is 17.0. The molecule has 2 aliphatic heterocycles. The number of carbonyl (C=O) groups excluding carboxylic acids is 1. The SMILES string of the molecule is Cc1cnn(C2C3OCC(O3)C(NC(=O)Nc3ccc(F)cc3)C2O)c1. The Bertz CT molecular complexity index is 796. The van der Waals surface area contributed by atoms with Gasteiger partial charge in [-0.3, -0.25) is 4.68 Å². The van der Waals surface area contributed by atoms with E-state index in [1.165, 1.54) is 24.3 Å². The second-order valence-corrected chi connectivity index (χ2v) is 6.49. The van der Waals surface area contributed by atoms with Crippen molar-refractivity contribution in [2.45, 2.75) is 37.5 Å². The fourth-order valence-electron chi connectivity index (χ4n) is 3.31. The van der Waals surface area contributed by atoms with E-state index in [1.54, 1.807) is 17.1 Å². The average Bonchev–Trinajstić information content (AvgIpc) is 3.22. The molecule has 4 rings (SSSR count). The molecule has 2 fully saturated rings. The molecule has 0 aliphatic carbocycles. The molecule has 5 unspecified atom stereocenters. The second-order valence-electron chi connectivity index (χ2n) is 6.49. The minimum absolute atomic E-state index is 0.264. The summed E-state index contributed by atoms with van der Waals surface area (Å²) in [6.45, 7) is 2.16. The van der Waals surface area contributed by atoms with Gasteiger partial charge in [0.15, 0.2) is 6.29 Å². The van der Waals surface area contributed by atoms with Crippen LogP contribution in [0.4, 0.5) is 14.9 Å². The zero-order chi connectivity index (χ0) is 18.3. The highest BCUT2D eigenvalue weighted by atomic mass is 19.1. The lowest BCUT2D eigenvalue weighted by Crippen LogP contribution is -2.59. The lowest BCUT2D eigenvalue weighted by Gasteiger charge is -2.38. The Morgan fingerprint density at radius 1 is 1.38 bits per heavy atom. The van der Waals surface area contributed by atoms with E-state index < -0.39 is 42.4 Å². The summed E-state index contributed by atoms with van der Waals surface area (Å²) in [6, 6.07) is 3.63. The number of nitrogens with one attached hydrogen (secondary N) is 2. The van der Waals surface area contributed by atoms with E-state index in [0.717, 1.165) is 5.56 Å². The Kier molecular flexibility index (Phi) is 4.35. The smallest absolute Gasteiger partial charge is 0.319 e. The van der Waals surface area contributed by atoms with Gasteiger partial charge in [-0.05, 0) is 36.8 Å². The summed E-state index contributed by atoms with van der Waals surface area (Å²) in [6.07, 6.45) is 1.45. The number of carbonyl (C=O) groups is 1. The van der Waals surface area contributed by atoms with Crippen molar-refractivity contribution in [2.75, 3.05) is 11.9 Å². The molecule has 1 aromatic heterocycles. The van der Waals surface area contributed by atoms with Gasteiger partial charge in [-0.2, -0.15) is 5.10 Å². The topological polar surface area (TPSA) is 97.6 Å². The third-order valence-electron chi connectivity index (χ3n) is 4.57. The molecule has 2 bridgehead atoms. The van der Waals surface area contributed by atoms with Crippen LogP contribution < -0.4 is 10.6 Å². The molecule has 5 atom stereocenters. The maximum atomic E-state index is 13.0. The molecule has 0 radical (unpaired) electrons. The zero-order valence-corrected chi connectivity index (χ0v) is 14.0. The predicted octanol–water partition coefficient (Wildman–Crippen LogP) is 1.18. The molecule has 26 heavy (non-hydrogen) atoms. The average molecular weight is 362 g/mol. The maximum Gasteiger partial charge on any atom is 0.319 e. The molecule has 0 saturated carbocycles. The van der Waals surface area contributed by atoms with E-state index in [0.29, 0.717) is 5.69 Å². The van der Waals surface area contributed by atoms with Crippen molar-refractivity contribution >= 4 is 11.7 Å². The quantitative estimate of drug-likeness (QED) is 0.762. The van der Waals surface area contributed by atoms with Crippen molar-refractivity contribution in [1.82, 2.24) is 15.1 Å². The fraction of sp³-hybridized carbons (Fsp3) is 0.412. The van der Waals surface area contributed by atoms with Crippen molar-refractivity contribution in [2.24, 2.45) is 0 Å². The Labute approximate surface area is 148 Å². The van der Waals surface area contributed by atoms with E-state index in [2.05, 4.69) is 15.7 Å². The Morgan fingerprint density at radius 3 is 2.85 bits per heavy atom. The minimum Gasteiger partial charge on any atom is -0.388 e. The molecule has 0 spiro atoms. The number of urea groups is 1. The molecule has 3 heterocycles. The summed E-state index contributed by atoms with van der Waals surface area (Å²) in [5.41, 5.74) is 1.38. The summed E-state index contributed by atoms with van der Waals surface area (Å²) in [7, 11) is 0. The second kappa shape index (κ2) is 6.67. The van der Waals surface area contributed by atoms with Crippen molar-refractivity contribution in [3.8, 4) is 0 Å². The Balaban J connectivity index is 1.48. The minimum atomic E-state index is -0.945. The summed E-state index contributed by atoms with van der Waals surface area (Å²) < 4.78 is 26.0. The lowest BCUT2D eigenvalue weighted by molar-refractivity contribution is -0.166. The van der Waals surface area contributed by atoms with Gasteiger partial charge in [0, 0.05) is 11.9 Å². The van der Waals surface area contributed by atoms with Crippen LogP contribution >= 0.6 is 0 Å². The van der Waals surface area contributed by atoms with E-state index in [9.17, 15) is 14.3 Å². The Morgan fingerprint density at radius 2 is 2.15 bits per heavy atom. The van der Waals surface area contributed by atoms with Crippen LogP contribution in [-0.4, -0.2) is 52.1 Å². The first-order valence-corrected chi connectivity index (χ1v) is 8.30. The molecule has 8 nitrogen and oxygen atoms in total. The number of rotatable bonds is 3. The molecule has 1 aromatic carbocycles. The van der Waals surface area contributed by atoms with Crippen molar-refractivity contribution in [1.29, 1.82) is 0 Å². The number of halogens is 1. The number of benzene rings is 1. The molecule has 2 aliphatic rings. The van der Waals surface area contributed by atoms with Crippen LogP contribution in [0, 0.1) is 12.7 Å². The van der Waals surface area contributed by atoms with Gasteiger partial charge in [-0.15, -0.1) is 0 Å². The number of hydrogen-bond donors (Lipinski definition) is 3. The van der Waals surface area contributed by atoms with Gasteiger partial charge in [0.2, 0.25) is 0 Å². The van der Waals surface area contributed by atoms with Gasteiger partial charge in [-0.25, -0.2) is 9.18 Å². The highest BCUT2D eigenvalue weighted by Gasteiger charge is 2.51. The standard InChI is InChI=1S/C17H19FN4O4/c1-9-6-19-22(7-9)14-15(23)13(12-8-25-16(14)26-12)21-17(24)20-11-4-2-10(18)3-5-11/h2-7,12-16,23H,8H2,1H3,(H2,20,21,24). The molecular formula is C17H19FN4O4. The third-order valence-corrected chi connectivity index (χ3v) is 4.57. The van der Waals surface area contributed by atoms with Crippen molar-refractivity contribution in [3.05, 3.63) is 48.0 Å². The zero-order valence-electron chi connectivity index (χ0n) is 14.0. The normalized spacial score (nSPS) is 30.2. The van der Waals surface area contributed by atoms with Gasteiger partial charge in [0.1, 0.15) is 24.1 Å². The van der Waals surface area contributed by atoms with Crippen LogP contribution in [0.15, 0.2) is 36.7 Å². The summed E-state index contributed by atoms with van der Waals surface area (Å²) in [5.74, 6) is -0.390. The van der Waals surface area contributed by atoms with Crippen LogP contribution in [0.3, 0.4) is 0 Å². The summed E-state index contributed by atoms with van der Waals surface area (Å²) >= 11 is 0. The molecule has 2 aromatic rings. The monoisotopic (exact) mass is 362 g/mol.